The van der Waals surface area contributed by atoms with E-state index in [1.807, 2.05) is 22.8 Å². The predicted octanol–water partition coefficient (Wildman–Crippen LogP) is 2.06. The van der Waals surface area contributed by atoms with Gasteiger partial charge in [0.25, 0.3) is 0 Å². The minimum absolute atomic E-state index is 0.398. The van der Waals surface area contributed by atoms with Gasteiger partial charge in [-0.25, -0.2) is 0 Å². The van der Waals surface area contributed by atoms with Crippen molar-refractivity contribution in [3.8, 4) is 11.3 Å². The molecule has 0 fully saturated rings. The molecule has 0 aliphatic carbocycles. The number of aromatic nitrogens is 2. The summed E-state index contributed by atoms with van der Waals surface area (Å²) in [5.74, 6) is -0.398. The lowest BCUT2D eigenvalue weighted by Gasteiger charge is -2.06. The molecule has 0 aliphatic rings. The first-order valence-electron chi connectivity index (χ1n) is 5.62. The van der Waals surface area contributed by atoms with Crippen molar-refractivity contribution in [2.75, 3.05) is 0 Å². The van der Waals surface area contributed by atoms with Crippen LogP contribution >= 0.6 is 0 Å². The monoisotopic (exact) mass is 229 g/mol. The van der Waals surface area contributed by atoms with Gasteiger partial charge in [-0.2, -0.15) is 0 Å². The first-order chi connectivity index (χ1) is 8.22. The maximum atomic E-state index is 11.2. The molecule has 2 aromatic heterocycles. The van der Waals surface area contributed by atoms with Gasteiger partial charge in [0, 0.05) is 30.7 Å². The number of amides is 1. The average molecular weight is 229 g/mol. The number of carbonyl (C=O) groups is 1. The van der Waals surface area contributed by atoms with Crippen molar-refractivity contribution >= 4 is 5.91 Å². The number of aryl methyl sites for hydroxylation is 1. The molecule has 88 valence electrons. The molecule has 17 heavy (non-hydrogen) atoms. The third-order valence-corrected chi connectivity index (χ3v) is 2.60. The van der Waals surface area contributed by atoms with E-state index in [4.69, 9.17) is 5.73 Å². The Morgan fingerprint density at radius 1 is 1.53 bits per heavy atom. The average Bonchev–Trinajstić information content (AvgIpc) is 2.75. The van der Waals surface area contributed by atoms with E-state index in [-0.39, 0.29) is 0 Å². The molecule has 0 saturated carbocycles. The predicted molar refractivity (Wildman–Crippen MR) is 66.5 cm³/mol. The van der Waals surface area contributed by atoms with Crippen LogP contribution in [0, 0.1) is 0 Å². The molecular weight excluding hydrogens is 214 g/mol. The second-order valence-corrected chi connectivity index (χ2v) is 3.91. The fourth-order valence-electron chi connectivity index (χ4n) is 1.83. The van der Waals surface area contributed by atoms with Crippen LogP contribution in [0.15, 0.2) is 36.8 Å². The molecule has 4 heteroatoms. The summed E-state index contributed by atoms with van der Waals surface area (Å²) in [4.78, 5) is 15.3. The number of carbonyl (C=O) groups excluding carboxylic acids is 1. The van der Waals surface area contributed by atoms with Gasteiger partial charge in [0.2, 0.25) is 5.91 Å². The highest BCUT2D eigenvalue weighted by atomic mass is 16.1. The largest absolute Gasteiger partial charge is 0.366 e. The second kappa shape index (κ2) is 4.82. The highest BCUT2D eigenvalue weighted by molar-refractivity contribution is 5.94. The summed E-state index contributed by atoms with van der Waals surface area (Å²) >= 11 is 0. The molecule has 0 saturated heterocycles. The molecular formula is C13H15N3O. The van der Waals surface area contributed by atoms with Crippen molar-refractivity contribution < 1.29 is 4.79 Å². The van der Waals surface area contributed by atoms with Gasteiger partial charge < -0.3 is 10.3 Å². The van der Waals surface area contributed by atoms with E-state index in [1.165, 1.54) is 0 Å². The molecule has 0 bridgehead atoms. The third-order valence-electron chi connectivity index (χ3n) is 2.60. The zero-order chi connectivity index (χ0) is 12.3. The Bertz CT molecular complexity index is 517. The van der Waals surface area contributed by atoms with E-state index in [9.17, 15) is 4.79 Å². The van der Waals surface area contributed by atoms with Crippen LogP contribution in [0.1, 0.15) is 23.7 Å². The Kier molecular flexibility index (Phi) is 3.23. The van der Waals surface area contributed by atoms with Gasteiger partial charge in [0.1, 0.15) is 0 Å². The fraction of sp³-hybridized carbons (Fsp3) is 0.231. The van der Waals surface area contributed by atoms with Crippen molar-refractivity contribution in [3.05, 3.63) is 42.4 Å². The van der Waals surface area contributed by atoms with Gasteiger partial charge in [-0.1, -0.05) is 6.92 Å². The first-order valence-corrected chi connectivity index (χ1v) is 5.62. The van der Waals surface area contributed by atoms with Crippen LogP contribution in [-0.2, 0) is 6.54 Å². The van der Waals surface area contributed by atoms with E-state index < -0.39 is 5.91 Å². The summed E-state index contributed by atoms with van der Waals surface area (Å²) in [5, 5.41) is 0. The Labute approximate surface area is 100 Å². The Balaban J connectivity index is 2.48. The van der Waals surface area contributed by atoms with Crippen molar-refractivity contribution in [2.45, 2.75) is 19.9 Å². The van der Waals surface area contributed by atoms with Gasteiger partial charge in [-0.3, -0.25) is 9.78 Å². The molecule has 2 heterocycles. The summed E-state index contributed by atoms with van der Waals surface area (Å²) in [5.41, 5.74) is 7.82. The van der Waals surface area contributed by atoms with Gasteiger partial charge in [-0.05, 0) is 24.6 Å². The molecule has 0 radical (unpaired) electrons. The van der Waals surface area contributed by atoms with Crippen molar-refractivity contribution in [1.82, 2.24) is 9.55 Å². The molecule has 4 nitrogen and oxygen atoms in total. The van der Waals surface area contributed by atoms with E-state index >= 15 is 0 Å². The molecule has 2 rings (SSSR count). The summed E-state index contributed by atoms with van der Waals surface area (Å²) in [6, 6.07) is 5.66. The van der Waals surface area contributed by atoms with Crippen molar-refractivity contribution in [1.29, 1.82) is 0 Å². The zero-order valence-corrected chi connectivity index (χ0v) is 9.76. The molecule has 2 aromatic rings. The fourth-order valence-corrected chi connectivity index (χ4v) is 1.83. The number of pyridine rings is 1. The normalized spacial score (nSPS) is 10.4. The smallest absolute Gasteiger partial charge is 0.250 e. The standard InChI is InChI=1S/C13H15N3O/c1-2-6-16-9-11(13(14)17)7-12(16)10-4-3-5-15-8-10/h3-5,7-9H,2,6H2,1H3,(H2,14,17). The first kappa shape index (κ1) is 11.4. The molecule has 1 amide bonds. The Hall–Kier alpha value is -2.10. The molecule has 0 aliphatic heterocycles. The molecule has 0 spiro atoms. The van der Waals surface area contributed by atoms with Crippen LogP contribution in [0.2, 0.25) is 0 Å². The topological polar surface area (TPSA) is 60.9 Å². The second-order valence-electron chi connectivity index (χ2n) is 3.91. The van der Waals surface area contributed by atoms with Crippen LogP contribution in [-0.4, -0.2) is 15.5 Å². The molecule has 2 N–H and O–H groups in total. The highest BCUT2D eigenvalue weighted by Crippen LogP contribution is 2.21. The summed E-state index contributed by atoms with van der Waals surface area (Å²) in [6.07, 6.45) is 6.31. The lowest BCUT2D eigenvalue weighted by Crippen LogP contribution is -2.09. The van der Waals surface area contributed by atoms with Crippen molar-refractivity contribution in [3.63, 3.8) is 0 Å². The minimum atomic E-state index is -0.398. The summed E-state index contributed by atoms with van der Waals surface area (Å²) in [6.45, 7) is 2.95. The van der Waals surface area contributed by atoms with Crippen LogP contribution in [0.4, 0.5) is 0 Å². The van der Waals surface area contributed by atoms with Gasteiger partial charge >= 0.3 is 0 Å². The quantitative estimate of drug-likeness (QED) is 0.872. The maximum absolute atomic E-state index is 11.2. The molecule has 0 atom stereocenters. The van der Waals surface area contributed by atoms with Crippen LogP contribution < -0.4 is 5.73 Å². The highest BCUT2D eigenvalue weighted by Gasteiger charge is 2.10. The van der Waals surface area contributed by atoms with Crippen LogP contribution in [0.3, 0.4) is 0 Å². The number of hydrogen-bond acceptors (Lipinski definition) is 2. The Morgan fingerprint density at radius 3 is 2.94 bits per heavy atom. The summed E-state index contributed by atoms with van der Waals surface area (Å²) in [7, 11) is 0. The van der Waals surface area contributed by atoms with Gasteiger partial charge in [0.15, 0.2) is 0 Å². The maximum Gasteiger partial charge on any atom is 0.250 e. The van der Waals surface area contributed by atoms with E-state index in [0.717, 1.165) is 24.2 Å². The number of primary amides is 1. The Morgan fingerprint density at radius 2 is 2.35 bits per heavy atom. The lowest BCUT2D eigenvalue weighted by molar-refractivity contribution is 0.100. The SMILES string of the molecule is CCCn1cc(C(N)=O)cc1-c1cccnc1. The summed E-state index contributed by atoms with van der Waals surface area (Å²) < 4.78 is 2.04. The molecule has 0 unspecified atom stereocenters. The number of rotatable bonds is 4. The van der Waals surface area contributed by atoms with Gasteiger partial charge in [-0.15, -0.1) is 0 Å². The number of hydrogen-bond donors (Lipinski definition) is 1. The molecule has 0 aromatic carbocycles. The van der Waals surface area contributed by atoms with E-state index in [2.05, 4.69) is 11.9 Å². The van der Waals surface area contributed by atoms with Crippen molar-refractivity contribution in [2.24, 2.45) is 5.73 Å². The van der Waals surface area contributed by atoms with Crippen LogP contribution in [0.25, 0.3) is 11.3 Å². The third kappa shape index (κ3) is 2.36. The number of nitrogens with zero attached hydrogens (tertiary/aromatic N) is 2. The minimum Gasteiger partial charge on any atom is -0.366 e. The van der Waals surface area contributed by atoms with E-state index in [1.54, 1.807) is 18.6 Å². The number of nitrogens with two attached hydrogens (primary N) is 1. The lowest BCUT2D eigenvalue weighted by atomic mass is 10.2. The van der Waals surface area contributed by atoms with E-state index in [0.29, 0.717) is 5.56 Å². The van der Waals surface area contributed by atoms with Gasteiger partial charge in [0.05, 0.1) is 11.3 Å². The van der Waals surface area contributed by atoms with Crippen LogP contribution in [0.5, 0.6) is 0 Å². The zero-order valence-electron chi connectivity index (χ0n) is 9.76.